The lowest BCUT2D eigenvalue weighted by molar-refractivity contribution is -0.126. The monoisotopic (exact) mass is 253 g/mol. The van der Waals surface area contributed by atoms with Crippen molar-refractivity contribution in [1.29, 1.82) is 0 Å². The summed E-state index contributed by atoms with van der Waals surface area (Å²) in [5, 5.41) is 2.37. The standard InChI is InChI=1S/C12H22F3NO/c1-9-3-5-11(6-4-9)17-10(2)7-16-8-12(13,14)15/h9-11,16H,3-8H2,1-2H3. The van der Waals surface area contributed by atoms with Crippen LogP contribution in [-0.2, 0) is 4.74 Å². The second-order valence-corrected chi connectivity index (χ2v) is 5.07. The molecular weight excluding hydrogens is 231 g/mol. The Hall–Kier alpha value is -0.290. The van der Waals surface area contributed by atoms with Gasteiger partial charge in [-0.3, -0.25) is 0 Å². The Bertz CT molecular complexity index is 212. The number of alkyl halides is 3. The summed E-state index contributed by atoms with van der Waals surface area (Å²) in [6.45, 7) is 3.36. The maximum absolute atomic E-state index is 11.9. The van der Waals surface area contributed by atoms with Crippen molar-refractivity contribution < 1.29 is 17.9 Å². The van der Waals surface area contributed by atoms with Crippen molar-refractivity contribution in [2.45, 2.75) is 57.9 Å². The molecule has 102 valence electrons. The molecule has 0 aromatic rings. The van der Waals surface area contributed by atoms with Crippen LogP contribution >= 0.6 is 0 Å². The van der Waals surface area contributed by atoms with Crippen LogP contribution in [0.1, 0.15) is 39.5 Å². The molecule has 0 spiro atoms. The molecule has 1 aliphatic rings. The van der Waals surface area contributed by atoms with E-state index in [0.29, 0.717) is 0 Å². The van der Waals surface area contributed by atoms with Gasteiger partial charge >= 0.3 is 6.18 Å². The van der Waals surface area contributed by atoms with E-state index in [9.17, 15) is 13.2 Å². The number of halogens is 3. The van der Waals surface area contributed by atoms with Crippen LogP contribution in [0.15, 0.2) is 0 Å². The van der Waals surface area contributed by atoms with Crippen LogP contribution in [0.4, 0.5) is 13.2 Å². The van der Waals surface area contributed by atoms with E-state index < -0.39 is 12.7 Å². The predicted octanol–water partition coefficient (Wildman–Crippen LogP) is 3.12. The first kappa shape index (κ1) is 14.8. The van der Waals surface area contributed by atoms with Crippen LogP contribution in [0.25, 0.3) is 0 Å². The first-order valence-electron chi connectivity index (χ1n) is 6.29. The molecule has 1 saturated carbocycles. The van der Waals surface area contributed by atoms with Gasteiger partial charge in [-0.15, -0.1) is 0 Å². The van der Waals surface area contributed by atoms with Crippen LogP contribution < -0.4 is 5.32 Å². The molecule has 0 aromatic heterocycles. The van der Waals surface area contributed by atoms with Crippen molar-refractivity contribution in [3.05, 3.63) is 0 Å². The van der Waals surface area contributed by atoms with E-state index in [4.69, 9.17) is 4.74 Å². The van der Waals surface area contributed by atoms with E-state index in [-0.39, 0.29) is 18.8 Å². The van der Waals surface area contributed by atoms with E-state index in [0.717, 1.165) is 31.6 Å². The largest absolute Gasteiger partial charge is 0.401 e. The van der Waals surface area contributed by atoms with Gasteiger partial charge in [0.2, 0.25) is 0 Å². The van der Waals surface area contributed by atoms with Gasteiger partial charge in [0.1, 0.15) is 0 Å². The zero-order valence-electron chi connectivity index (χ0n) is 10.5. The molecule has 0 aliphatic heterocycles. The Morgan fingerprint density at radius 1 is 1.24 bits per heavy atom. The minimum absolute atomic E-state index is 0.157. The molecule has 0 radical (unpaired) electrons. The Morgan fingerprint density at radius 2 is 1.82 bits per heavy atom. The number of rotatable bonds is 5. The number of nitrogens with one attached hydrogen (secondary N) is 1. The molecule has 0 saturated heterocycles. The van der Waals surface area contributed by atoms with Gasteiger partial charge in [0.05, 0.1) is 18.8 Å². The maximum Gasteiger partial charge on any atom is 0.401 e. The number of ether oxygens (including phenoxy) is 1. The van der Waals surface area contributed by atoms with Gasteiger partial charge in [-0.25, -0.2) is 0 Å². The second-order valence-electron chi connectivity index (χ2n) is 5.07. The summed E-state index contributed by atoms with van der Waals surface area (Å²) in [5.41, 5.74) is 0. The first-order chi connectivity index (χ1) is 7.87. The minimum Gasteiger partial charge on any atom is -0.374 e. The molecule has 1 atom stereocenters. The number of hydrogen-bond acceptors (Lipinski definition) is 2. The molecule has 0 bridgehead atoms. The SMILES string of the molecule is CC1CCC(OC(C)CNCC(F)(F)F)CC1. The van der Waals surface area contributed by atoms with Crippen LogP contribution in [0.3, 0.4) is 0 Å². The summed E-state index contributed by atoms with van der Waals surface area (Å²) in [6.07, 6.45) is 0.320. The van der Waals surface area contributed by atoms with Gasteiger partial charge in [0.15, 0.2) is 0 Å². The molecule has 2 nitrogen and oxygen atoms in total. The summed E-state index contributed by atoms with van der Waals surface area (Å²) < 4.78 is 41.4. The highest BCUT2D eigenvalue weighted by atomic mass is 19.4. The normalized spacial score (nSPS) is 28.1. The van der Waals surface area contributed by atoms with E-state index in [1.54, 1.807) is 0 Å². The van der Waals surface area contributed by atoms with E-state index in [2.05, 4.69) is 12.2 Å². The lowest BCUT2D eigenvalue weighted by atomic mass is 9.89. The lowest BCUT2D eigenvalue weighted by Gasteiger charge is -2.29. The highest BCUT2D eigenvalue weighted by Gasteiger charge is 2.27. The highest BCUT2D eigenvalue weighted by Crippen LogP contribution is 2.26. The topological polar surface area (TPSA) is 21.3 Å². The van der Waals surface area contributed by atoms with Crippen LogP contribution in [0.2, 0.25) is 0 Å². The summed E-state index contributed by atoms with van der Waals surface area (Å²) in [4.78, 5) is 0. The Kier molecular flexibility index (Phi) is 5.73. The second kappa shape index (κ2) is 6.59. The Balaban J connectivity index is 2.10. The lowest BCUT2D eigenvalue weighted by Crippen LogP contribution is -2.36. The fourth-order valence-corrected chi connectivity index (χ4v) is 2.16. The van der Waals surface area contributed by atoms with Crippen molar-refractivity contribution >= 4 is 0 Å². The van der Waals surface area contributed by atoms with Crippen molar-refractivity contribution in [2.75, 3.05) is 13.1 Å². The summed E-state index contributed by atoms with van der Waals surface area (Å²) in [6, 6.07) is 0. The van der Waals surface area contributed by atoms with Gasteiger partial charge in [0, 0.05) is 6.54 Å². The molecular formula is C12H22F3NO. The zero-order chi connectivity index (χ0) is 12.9. The maximum atomic E-state index is 11.9. The first-order valence-corrected chi connectivity index (χ1v) is 6.29. The van der Waals surface area contributed by atoms with Gasteiger partial charge in [0.25, 0.3) is 0 Å². The van der Waals surface area contributed by atoms with E-state index in [1.807, 2.05) is 6.92 Å². The van der Waals surface area contributed by atoms with Crippen molar-refractivity contribution in [2.24, 2.45) is 5.92 Å². The Morgan fingerprint density at radius 3 is 2.35 bits per heavy atom. The molecule has 1 unspecified atom stereocenters. The van der Waals surface area contributed by atoms with E-state index >= 15 is 0 Å². The highest BCUT2D eigenvalue weighted by molar-refractivity contribution is 4.71. The van der Waals surface area contributed by atoms with Crippen molar-refractivity contribution in [3.63, 3.8) is 0 Å². The summed E-state index contributed by atoms with van der Waals surface area (Å²) in [5.74, 6) is 0.758. The van der Waals surface area contributed by atoms with Gasteiger partial charge in [-0.1, -0.05) is 6.92 Å². The van der Waals surface area contributed by atoms with Crippen LogP contribution in [0.5, 0.6) is 0 Å². The summed E-state index contributed by atoms with van der Waals surface area (Å²) in [7, 11) is 0. The zero-order valence-corrected chi connectivity index (χ0v) is 10.5. The third-order valence-corrected chi connectivity index (χ3v) is 3.14. The molecule has 17 heavy (non-hydrogen) atoms. The van der Waals surface area contributed by atoms with Gasteiger partial charge in [-0.2, -0.15) is 13.2 Å². The molecule has 0 aromatic carbocycles. The molecule has 5 heteroatoms. The van der Waals surface area contributed by atoms with Crippen molar-refractivity contribution in [3.8, 4) is 0 Å². The van der Waals surface area contributed by atoms with Gasteiger partial charge < -0.3 is 10.1 Å². The summed E-state index contributed by atoms with van der Waals surface area (Å²) >= 11 is 0. The quantitative estimate of drug-likeness (QED) is 0.812. The predicted molar refractivity (Wildman–Crippen MR) is 60.9 cm³/mol. The van der Waals surface area contributed by atoms with Crippen molar-refractivity contribution in [1.82, 2.24) is 5.32 Å². The average Bonchev–Trinajstić information content (AvgIpc) is 2.19. The molecule has 0 heterocycles. The average molecular weight is 253 g/mol. The van der Waals surface area contributed by atoms with Gasteiger partial charge in [-0.05, 0) is 38.5 Å². The molecule has 1 N–H and O–H groups in total. The molecule has 0 amide bonds. The third-order valence-electron chi connectivity index (χ3n) is 3.14. The Labute approximate surface area is 101 Å². The minimum atomic E-state index is -4.14. The van der Waals surface area contributed by atoms with Crippen LogP contribution in [0, 0.1) is 5.92 Å². The molecule has 1 aliphatic carbocycles. The number of hydrogen-bond donors (Lipinski definition) is 1. The van der Waals surface area contributed by atoms with Crippen LogP contribution in [-0.4, -0.2) is 31.5 Å². The molecule has 1 rings (SSSR count). The smallest absolute Gasteiger partial charge is 0.374 e. The van der Waals surface area contributed by atoms with E-state index in [1.165, 1.54) is 0 Å². The fourth-order valence-electron chi connectivity index (χ4n) is 2.16. The fraction of sp³-hybridized carbons (Fsp3) is 1.00. The third kappa shape index (κ3) is 6.88. The molecule has 1 fully saturated rings.